The molecule has 0 unspecified atom stereocenters. The number of nitrogens with zero attached hydrogens (tertiary/aromatic N) is 2. The number of benzene rings is 2. The molecule has 2 aromatic heterocycles. The number of amides is 1. The van der Waals surface area contributed by atoms with Crippen LogP contribution in [0.5, 0.6) is 0 Å². The average molecular weight is 443 g/mol. The van der Waals surface area contributed by atoms with Crippen LogP contribution in [-0.2, 0) is 4.74 Å². The number of carbonyl (C=O) groups excluding carboxylic acids is 1. The molecule has 4 rings (SSSR count). The summed E-state index contributed by atoms with van der Waals surface area (Å²) in [7, 11) is 0. The Hall–Kier alpha value is -4.46. The largest absolute Gasteiger partial charge is 0.478 e. The molecule has 0 aliphatic rings. The van der Waals surface area contributed by atoms with Gasteiger partial charge in [0.25, 0.3) is 0 Å². The van der Waals surface area contributed by atoms with Crippen LogP contribution in [0.25, 0.3) is 22.5 Å². The smallest absolute Gasteiger partial charge is 0.412 e. The summed E-state index contributed by atoms with van der Waals surface area (Å²) >= 11 is 0. The van der Waals surface area contributed by atoms with Gasteiger partial charge in [0.2, 0.25) is 0 Å². The number of carboxylic acids is 1. The number of nitrogens with one attached hydrogen (secondary N) is 1. The Morgan fingerprint density at radius 2 is 1.76 bits per heavy atom. The summed E-state index contributed by atoms with van der Waals surface area (Å²) in [5.41, 5.74) is 4.09. The summed E-state index contributed by atoms with van der Waals surface area (Å²) in [6.45, 7) is 3.46. The van der Waals surface area contributed by atoms with Gasteiger partial charge in [-0.05, 0) is 49.2 Å². The number of hydrogen-bond acceptors (Lipinski definition) is 6. The van der Waals surface area contributed by atoms with Crippen LogP contribution >= 0.6 is 0 Å². The highest BCUT2D eigenvalue weighted by molar-refractivity contribution is 5.91. The van der Waals surface area contributed by atoms with Crippen molar-refractivity contribution in [3.63, 3.8) is 0 Å². The predicted octanol–water partition coefficient (Wildman–Crippen LogP) is 5.72. The lowest BCUT2D eigenvalue weighted by molar-refractivity contribution is 0.0696. The van der Waals surface area contributed by atoms with Crippen molar-refractivity contribution < 1.29 is 24.0 Å². The number of aryl methyl sites for hydroxylation is 1. The van der Waals surface area contributed by atoms with E-state index in [4.69, 9.17) is 9.26 Å². The van der Waals surface area contributed by atoms with Crippen molar-refractivity contribution >= 4 is 17.7 Å². The molecule has 4 aromatic rings. The van der Waals surface area contributed by atoms with E-state index in [-0.39, 0.29) is 5.56 Å². The lowest BCUT2D eigenvalue weighted by Crippen LogP contribution is -2.17. The van der Waals surface area contributed by atoms with Gasteiger partial charge in [0.1, 0.15) is 17.5 Å². The predicted molar refractivity (Wildman–Crippen MR) is 122 cm³/mol. The van der Waals surface area contributed by atoms with E-state index < -0.39 is 18.2 Å². The molecule has 0 spiro atoms. The van der Waals surface area contributed by atoms with Gasteiger partial charge < -0.3 is 14.4 Å². The van der Waals surface area contributed by atoms with E-state index in [0.717, 1.165) is 11.1 Å². The molecule has 0 saturated carbocycles. The van der Waals surface area contributed by atoms with Crippen LogP contribution in [0.3, 0.4) is 0 Å². The number of hydrogen-bond donors (Lipinski definition) is 2. The monoisotopic (exact) mass is 443 g/mol. The van der Waals surface area contributed by atoms with Gasteiger partial charge >= 0.3 is 12.1 Å². The standard InChI is InChI=1S/C25H21N3O5/c1-15-22(27-25(31)32-16(2)21-8-3-4-13-26-21)23(33-28-15)18-11-9-17(10-12-18)19-6-5-7-20(14-19)24(29)30/h3-14,16H,1-2H3,(H,27,31)(H,29,30)/t16-/m1/s1. The molecule has 1 amide bonds. The van der Waals surface area contributed by atoms with Gasteiger partial charge in [0, 0.05) is 11.8 Å². The molecule has 0 fully saturated rings. The fourth-order valence-corrected chi connectivity index (χ4v) is 3.33. The molecule has 166 valence electrons. The zero-order valence-corrected chi connectivity index (χ0v) is 18.0. The Bertz CT molecular complexity index is 1280. The van der Waals surface area contributed by atoms with Gasteiger partial charge in [-0.25, -0.2) is 9.59 Å². The van der Waals surface area contributed by atoms with Crippen molar-refractivity contribution in [3.8, 4) is 22.5 Å². The van der Waals surface area contributed by atoms with Crippen LogP contribution in [0, 0.1) is 6.92 Å². The second-order valence-electron chi connectivity index (χ2n) is 7.36. The number of carboxylic acid groups (broad SMARTS) is 1. The summed E-state index contributed by atoms with van der Waals surface area (Å²) in [5.74, 6) is -0.591. The minimum atomic E-state index is -0.981. The minimum Gasteiger partial charge on any atom is -0.478 e. The van der Waals surface area contributed by atoms with Crippen LogP contribution in [-0.4, -0.2) is 27.3 Å². The van der Waals surface area contributed by atoms with E-state index in [0.29, 0.717) is 28.4 Å². The van der Waals surface area contributed by atoms with Gasteiger partial charge in [-0.1, -0.05) is 47.6 Å². The number of ether oxygens (including phenoxy) is 1. The Labute approximate surface area is 189 Å². The summed E-state index contributed by atoms with van der Waals surface area (Å²) in [4.78, 5) is 27.9. The van der Waals surface area contributed by atoms with E-state index >= 15 is 0 Å². The van der Waals surface area contributed by atoms with Crippen LogP contribution in [0.1, 0.15) is 34.8 Å². The lowest BCUT2D eigenvalue weighted by atomic mass is 10.0. The lowest BCUT2D eigenvalue weighted by Gasteiger charge is -2.13. The molecule has 1 atom stereocenters. The molecule has 8 heteroatoms. The fourth-order valence-electron chi connectivity index (χ4n) is 3.33. The molecule has 8 nitrogen and oxygen atoms in total. The molecule has 33 heavy (non-hydrogen) atoms. The molecule has 2 heterocycles. The summed E-state index contributed by atoms with van der Waals surface area (Å²) in [5, 5.41) is 15.9. The van der Waals surface area contributed by atoms with E-state index in [1.165, 1.54) is 0 Å². The maximum atomic E-state index is 12.5. The van der Waals surface area contributed by atoms with Gasteiger partial charge in [-0.15, -0.1) is 0 Å². The van der Waals surface area contributed by atoms with Crippen molar-refractivity contribution in [2.45, 2.75) is 20.0 Å². The van der Waals surface area contributed by atoms with E-state index in [1.807, 2.05) is 36.4 Å². The van der Waals surface area contributed by atoms with Gasteiger partial charge in [0.05, 0.1) is 11.3 Å². The number of rotatable bonds is 6. The summed E-state index contributed by atoms with van der Waals surface area (Å²) in [6, 6.07) is 19.4. The highest BCUT2D eigenvalue weighted by Crippen LogP contribution is 2.33. The molecule has 0 saturated heterocycles. The van der Waals surface area contributed by atoms with E-state index in [9.17, 15) is 14.7 Å². The Kier molecular flexibility index (Phi) is 6.17. The Balaban J connectivity index is 1.52. The molecule has 0 bridgehead atoms. The molecule has 0 aliphatic heterocycles. The SMILES string of the molecule is Cc1noc(-c2ccc(-c3cccc(C(=O)O)c3)cc2)c1NC(=O)O[C@H](C)c1ccccn1. The fraction of sp³-hybridized carbons (Fsp3) is 0.120. The third kappa shape index (κ3) is 4.90. The summed E-state index contributed by atoms with van der Waals surface area (Å²) < 4.78 is 10.9. The normalized spacial score (nSPS) is 11.6. The molecule has 2 aromatic carbocycles. The van der Waals surface area contributed by atoms with Crippen LogP contribution in [0.2, 0.25) is 0 Å². The van der Waals surface area contributed by atoms with Gasteiger partial charge in [-0.2, -0.15) is 0 Å². The summed E-state index contributed by atoms with van der Waals surface area (Å²) in [6.07, 6.45) is 0.454. The Morgan fingerprint density at radius 1 is 1.00 bits per heavy atom. The van der Waals surface area contributed by atoms with Crippen molar-refractivity contribution in [2.75, 3.05) is 5.32 Å². The number of anilines is 1. The first kappa shape index (κ1) is 21.8. The maximum absolute atomic E-state index is 12.5. The first-order chi connectivity index (χ1) is 15.9. The molecular weight excluding hydrogens is 422 g/mol. The maximum Gasteiger partial charge on any atom is 0.412 e. The Morgan fingerprint density at radius 3 is 2.45 bits per heavy atom. The number of aromatic carboxylic acids is 1. The second kappa shape index (κ2) is 9.35. The number of aromatic nitrogens is 2. The van der Waals surface area contributed by atoms with Crippen molar-refractivity contribution in [2.24, 2.45) is 0 Å². The van der Waals surface area contributed by atoms with Crippen molar-refractivity contribution in [3.05, 3.63) is 89.9 Å². The first-order valence-electron chi connectivity index (χ1n) is 10.2. The quantitative estimate of drug-likeness (QED) is 0.392. The van der Waals surface area contributed by atoms with Gasteiger partial charge in [-0.3, -0.25) is 10.3 Å². The third-order valence-corrected chi connectivity index (χ3v) is 5.07. The van der Waals surface area contributed by atoms with Crippen LogP contribution in [0.15, 0.2) is 77.4 Å². The van der Waals surface area contributed by atoms with E-state index in [1.54, 1.807) is 50.4 Å². The highest BCUT2D eigenvalue weighted by atomic mass is 16.6. The zero-order chi connectivity index (χ0) is 23.4. The first-order valence-corrected chi connectivity index (χ1v) is 10.2. The minimum absolute atomic E-state index is 0.215. The topological polar surface area (TPSA) is 115 Å². The van der Waals surface area contributed by atoms with Crippen LogP contribution < -0.4 is 5.32 Å². The molecule has 2 N–H and O–H groups in total. The van der Waals surface area contributed by atoms with Gasteiger partial charge in [0.15, 0.2) is 5.76 Å². The molecule has 0 aliphatic carbocycles. The molecule has 0 radical (unpaired) electrons. The average Bonchev–Trinajstić information content (AvgIpc) is 3.19. The van der Waals surface area contributed by atoms with E-state index in [2.05, 4.69) is 15.5 Å². The van der Waals surface area contributed by atoms with Crippen molar-refractivity contribution in [1.29, 1.82) is 0 Å². The highest BCUT2D eigenvalue weighted by Gasteiger charge is 2.20. The second-order valence-corrected chi connectivity index (χ2v) is 7.36. The zero-order valence-electron chi connectivity index (χ0n) is 18.0. The number of carbonyl (C=O) groups is 2. The van der Waals surface area contributed by atoms with Crippen molar-refractivity contribution in [1.82, 2.24) is 10.1 Å². The third-order valence-electron chi connectivity index (χ3n) is 5.07. The molecular formula is C25H21N3O5. The number of pyridine rings is 1. The van der Waals surface area contributed by atoms with Crippen LogP contribution in [0.4, 0.5) is 10.5 Å².